The molecule has 0 bridgehead atoms. The molecule has 0 aliphatic heterocycles. The molecule has 0 rings (SSSR count). The molecule has 180 valence electrons. The van der Waals surface area contributed by atoms with Crippen molar-refractivity contribution in [3.63, 3.8) is 0 Å². The Bertz CT molecular complexity index is 540. The Kier molecular flexibility index (Phi) is 16.7. The van der Waals surface area contributed by atoms with Crippen LogP contribution in [0.25, 0.3) is 0 Å². The highest BCUT2D eigenvalue weighted by Gasteiger charge is 2.21. The van der Waals surface area contributed by atoms with E-state index in [0.717, 1.165) is 32.4 Å². The minimum atomic E-state index is -0.503. The Balaban J connectivity index is 4.87. The number of amides is 2. The topological polar surface area (TPSA) is 128 Å². The number of hydrogen-bond donors (Lipinski definition) is 5. The van der Waals surface area contributed by atoms with Crippen LogP contribution in [0.2, 0.25) is 0 Å². The van der Waals surface area contributed by atoms with Gasteiger partial charge in [0, 0.05) is 43.8 Å². The summed E-state index contributed by atoms with van der Waals surface area (Å²) >= 11 is 0. The van der Waals surface area contributed by atoms with Crippen LogP contribution in [0.3, 0.4) is 0 Å². The van der Waals surface area contributed by atoms with E-state index < -0.39 is 6.04 Å². The predicted octanol–water partition coefficient (Wildman–Crippen LogP) is 0.282. The summed E-state index contributed by atoms with van der Waals surface area (Å²) in [5.41, 5.74) is 0. The molecule has 0 fully saturated rings. The van der Waals surface area contributed by atoms with E-state index in [2.05, 4.69) is 26.6 Å². The third-order valence-corrected chi connectivity index (χ3v) is 5.03. The lowest BCUT2D eigenvalue weighted by molar-refractivity contribution is -0.124. The van der Waals surface area contributed by atoms with Gasteiger partial charge >= 0.3 is 0 Å². The van der Waals surface area contributed by atoms with Crippen molar-refractivity contribution in [2.45, 2.75) is 83.3 Å². The second-order valence-electron chi connectivity index (χ2n) is 8.23. The largest absolute Gasteiger partial charge is 0.353 e. The Morgan fingerprint density at radius 3 is 1.45 bits per heavy atom. The van der Waals surface area contributed by atoms with Gasteiger partial charge in [0.25, 0.3) is 0 Å². The molecular weight excluding hydrogens is 398 g/mol. The quantitative estimate of drug-likeness (QED) is 0.182. The van der Waals surface area contributed by atoms with Crippen molar-refractivity contribution in [2.75, 3.05) is 34.2 Å². The average molecular weight is 442 g/mol. The molecule has 0 aromatic rings. The van der Waals surface area contributed by atoms with Crippen molar-refractivity contribution in [1.82, 2.24) is 26.6 Å². The van der Waals surface area contributed by atoms with Gasteiger partial charge in [-0.1, -0.05) is 0 Å². The lowest BCUT2D eigenvalue weighted by Gasteiger charge is -2.23. The number of carbonyl (C=O) groups excluding carboxylic acids is 4. The summed E-state index contributed by atoms with van der Waals surface area (Å²) in [5.74, 6) is -0.514. The van der Waals surface area contributed by atoms with Crippen LogP contribution < -0.4 is 26.6 Å². The molecule has 0 spiro atoms. The number of rotatable bonds is 19. The molecule has 9 nitrogen and oxygen atoms in total. The smallest absolute Gasteiger partial charge is 0.222 e. The van der Waals surface area contributed by atoms with E-state index >= 15 is 0 Å². The summed E-state index contributed by atoms with van der Waals surface area (Å²) in [5, 5.41) is 15.1. The molecule has 2 unspecified atom stereocenters. The van der Waals surface area contributed by atoms with E-state index in [4.69, 9.17) is 0 Å². The van der Waals surface area contributed by atoms with E-state index in [9.17, 15) is 19.2 Å². The summed E-state index contributed by atoms with van der Waals surface area (Å²) in [7, 11) is 5.61. The molecule has 0 aromatic carbocycles. The zero-order valence-corrected chi connectivity index (χ0v) is 19.9. The second-order valence-corrected chi connectivity index (χ2v) is 8.23. The minimum Gasteiger partial charge on any atom is -0.353 e. The summed E-state index contributed by atoms with van der Waals surface area (Å²) in [4.78, 5) is 48.0. The molecule has 0 aliphatic rings. The highest BCUT2D eigenvalue weighted by atomic mass is 16.2. The van der Waals surface area contributed by atoms with Gasteiger partial charge in [0.1, 0.15) is 11.6 Å². The van der Waals surface area contributed by atoms with Gasteiger partial charge in [0.2, 0.25) is 11.8 Å². The van der Waals surface area contributed by atoms with Crippen LogP contribution in [0, 0.1) is 0 Å². The van der Waals surface area contributed by atoms with E-state index in [0.29, 0.717) is 12.8 Å². The third kappa shape index (κ3) is 16.5. The van der Waals surface area contributed by atoms with Gasteiger partial charge in [-0.3, -0.25) is 19.2 Å². The first-order chi connectivity index (χ1) is 14.7. The molecule has 5 N–H and O–H groups in total. The average Bonchev–Trinajstić information content (AvgIpc) is 2.66. The van der Waals surface area contributed by atoms with Gasteiger partial charge in [-0.05, 0) is 73.8 Å². The highest BCUT2D eigenvalue weighted by molar-refractivity contribution is 5.83. The number of hydrogen-bond acceptors (Lipinski definition) is 7. The molecule has 2 atom stereocenters. The molecule has 31 heavy (non-hydrogen) atoms. The normalized spacial score (nSPS) is 13.0. The first kappa shape index (κ1) is 29.2. The maximum atomic E-state index is 12.6. The maximum absolute atomic E-state index is 12.6. The van der Waals surface area contributed by atoms with Crippen molar-refractivity contribution in [3.8, 4) is 0 Å². The molecule has 0 aliphatic carbocycles. The summed E-state index contributed by atoms with van der Waals surface area (Å²) in [6.45, 7) is 4.56. The van der Waals surface area contributed by atoms with Crippen LogP contribution in [0.15, 0.2) is 0 Å². The molecule has 0 heterocycles. The monoisotopic (exact) mass is 441 g/mol. The van der Waals surface area contributed by atoms with Crippen molar-refractivity contribution < 1.29 is 19.2 Å². The zero-order valence-electron chi connectivity index (χ0n) is 19.9. The third-order valence-electron chi connectivity index (χ3n) is 5.03. The van der Waals surface area contributed by atoms with Gasteiger partial charge in [-0.15, -0.1) is 0 Å². The molecule has 0 radical (unpaired) electrons. The summed E-state index contributed by atoms with van der Waals surface area (Å²) in [6.07, 6.45) is 4.04. The van der Waals surface area contributed by atoms with Gasteiger partial charge in [0.05, 0.1) is 0 Å². The summed E-state index contributed by atoms with van der Waals surface area (Å²) < 4.78 is 0. The van der Waals surface area contributed by atoms with Crippen LogP contribution >= 0.6 is 0 Å². The maximum Gasteiger partial charge on any atom is 0.222 e. The lowest BCUT2D eigenvalue weighted by atomic mass is 10.0. The van der Waals surface area contributed by atoms with E-state index in [1.54, 1.807) is 0 Å². The minimum absolute atomic E-state index is 0.0793. The van der Waals surface area contributed by atoms with Crippen molar-refractivity contribution in [2.24, 2.45) is 0 Å². The Labute approximate surface area is 187 Å². The van der Waals surface area contributed by atoms with Gasteiger partial charge in [-0.25, -0.2) is 0 Å². The van der Waals surface area contributed by atoms with Crippen LogP contribution in [-0.2, 0) is 19.2 Å². The van der Waals surface area contributed by atoms with E-state index in [-0.39, 0.29) is 54.7 Å². The van der Waals surface area contributed by atoms with Gasteiger partial charge in [-0.2, -0.15) is 0 Å². The zero-order chi connectivity index (χ0) is 23.6. The molecule has 2 amide bonds. The fraction of sp³-hybridized carbons (Fsp3) is 0.818. The number of carbonyl (C=O) groups is 4. The Morgan fingerprint density at radius 2 is 1.03 bits per heavy atom. The molecule has 0 aromatic heterocycles. The van der Waals surface area contributed by atoms with Crippen LogP contribution in [0.1, 0.15) is 65.2 Å². The standard InChI is InChI=1S/C22H43N5O4/c1-16(28)12-20(13-17(2)29)27-22(31)15-19(9-7-11-24-4)26-21(30)14-18(25-5)8-6-10-23-3/h18-20,23-25H,6-15H2,1-5H3,(H,26,30)(H,27,31). The number of nitrogens with one attached hydrogen (secondary N) is 5. The van der Waals surface area contributed by atoms with Crippen molar-refractivity contribution >= 4 is 23.4 Å². The second kappa shape index (κ2) is 17.8. The number of ketones is 2. The Hall–Kier alpha value is -1.84. The first-order valence-electron chi connectivity index (χ1n) is 11.3. The molecule has 9 heteroatoms. The lowest BCUT2D eigenvalue weighted by Crippen LogP contribution is -2.44. The van der Waals surface area contributed by atoms with Gasteiger partial charge in [0.15, 0.2) is 0 Å². The fourth-order valence-corrected chi connectivity index (χ4v) is 3.51. The Morgan fingerprint density at radius 1 is 0.613 bits per heavy atom. The molecule has 0 saturated carbocycles. The van der Waals surface area contributed by atoms with Crippen molar-refractivity contribution in [1.29, 1.82) is 0 Å². The van der Waals surface area contributed by atoms with E-state index in [1.165, 1.54) is 13.8 Å². The predicted molar refractivity (Wildman–Crippen MR) is 123 cm³/mol. The van der Waals surface area contributed by atoms with Crippen molar-refractivity contribution in [3.05, 3.63) is 0 Å². The van der Waals surface area contributed by atoms with Crippen LogP contribution in [0.5, 0.6) is 0 Å². The van der Waals surface area contributed by atoms with Crippen LogP contribution in [-0.4, -0.2) is 75.7 Å². The molecule has 0 saturated heterocycles. The van der Waals surface area contributed by atoms with Crippen LogP contribution in [0.4, 0.5) is 0 Å². The van der Waals surface area contributed by atoms with Gasteiger partial charge < -0.3 is 26.6 Å². The number of Topliss-reactive ketones (excluding diaryl/α,β-unsaturated/α-hetero) is 2. The summed E-state index contributed by atoms with van der Waals surface area (Å²) in [6, 6.07) is -0.723. The SMILES string of the molecule is CNCCCC(CC(=O)NC(CCCNC)CC(=O)NC(CC(C)=O)CC(C)=O)NC. The molecular formula is C22H43N5O4. The van der Waals surface area contributed by atoms with E-state index in [1.807, 2.05) is 21.1 Å². The fourth-order valence-electron chi connectivity index (χ4n) is 3.51. The first-order valence-corrected chi connectivity index (χ1v) is 11.3. The highest BCUT2D eigenvalue weighted by Crippen LogP contribution is 2.08.